The minimum atomic E-state index is -0.516. The Morgan fingerprint density at radius 2 is 2.03 bits per heavy atom. The number of nitrogens with one attached hydrogen (secondary N) is 1. The zero-order valence-electron chi connectivity index (χ0n) is 18.1. The molecule has 164 valence electrons. The second-order valence-electron chi connectivity index (χ2n) is 9.23. The van der Waals surface area contributed by atoms with Gasteiger partial charge in [0, 0.05) is 55.7 Å². The van der Waals surface area contributed by atoms with E-state index in [2.05, 4.69) is 21.4 Å². The van der Waals surface area contributed by atoms with Gasteiger partial charge in [0.1, 0.15) is 5.82 Å². The molecule has 2 aromatic carbocycles. The molecule has 0 aliphatic carbocycles. The van der Waals surface area contributed by atoms with Crippen LogP contribution in [0.2, 0.25) is 0 Å². The van der Waals surface area contributed by atoms with Crippen molar-refractivity contribution in [3.63, 3.8) is 0 Å². The van der Waals surface area contributed by atoms with Crippen LogP contribution in [0.15, 0.2) is 54.9 Å². The lowest BCUT2D eigenvalue weighted by molar-refractivity contribution is -0.123. The SMILES string of the molecule is Cn1cc(-c2ccc(CN3C(=O)C4(CCN(C5CNC5)C4)c4ccccc43)c(F)c2)cn1. The highest BCUT2D eigenvalue weighted by molar-refractivity contribution is 6.08. The van der Waals surface area contributed by atoms with Gasteiger partial charge in [-0.15, -0.1) is 0 Å². The number of fused-ring (bicyclic) bond motifs is 2. The lowest BCUT2D eigenvalue weighted by Crippen LogP contribution is -2.57. The van der Waals surface area contributed by atoms with Gasteiger partial charge in [-0.25, -0.2) is 4.39 Å². The minimum absolute atomic E-state index is 0.101. The van der Waals surface area contributed by atoms with E-state index in [4.69, 9.17) is 0 Å². The van der Waals surface area contributed by atoms with Gasteiger partial charge in [-0.3, -0.25) is 14.4 Å². The Hall–Kier alpha value is -3.03. The van der Waals surface area contributed by atoms with Crippen molar-refractivity contribution < 1.29 is 9.18 Å². The third-order valence-electron chi connectivity index (χ3n) is 7.36. The first-order valence-corrected chi connectivity index (χ1v) is 11.2. The normalized spacial score (nSPS) is 23.2. The Kier molecular flexibility index (Phi) is 4.45. The van der Waals surface area contributed by atoms with Crippen LogP contribution in [-0.4, -0.2) is 52.8 Å². The van der Waals surface area contributed by atoms with Gasteiger partial charge >= 0.3 is 0 Å². The quantitative estimate of drug-likeness (QED) is 0.690. The van der Waals surface area contributed by atoms with Gasteiger partial charge in [-0.1, -0.05) is 30.3 Å². The highest BCUT2D eigenvalue weighted by atomic mass is 19.1. The fourth-order valence-corrected chi connectivity index (χ4v) is 5.43. The topological polar surface area (TPSA) is 53.4 Å². The molecule has 32 heavy (non-hydrogen) atoms. The summed E-state index contributed by atoms with van der Waals surface area (Å²) < 4.78 is 16.8. The van der Waals surface area contributed by atoms with E-state index < -0.39 is 5.41 Å². The lowest BCUT2D eigenvalue weighted by atomic mass is 9.81. The number of nitrogens with zero attached hydrogens (tertiary/aromatic N) is 4. The molecule has 6 nitrogen and oxygen atoms in total. The Labute approximate surface area is 186 Å². The number of rotatable bonds is 4. The zero-order valence-corrected chi connectivity index (χ0v) is 18.1. The van der Waals surface area contributed by atoms with E-state index in [1.165, 1.54) is 6.07 Å². The number of benzene rings is 2. The maximum atomic E-state index is 15.1. The predicted molar refractivity (Wildman–Crippen MR) is 121 cm³/mol. The number of carbonyl (C=O) groups is 1. The van der Waals surface area contributed by atoms with Gasteiger partial charge in [-0.05, 0) is 36.2 Å². The molecular weight excluding hydrogens is 405 g/mol. The number of likely N-dealkylation sites (tertiary alicyclic amines) is 1. The summed E-state index contributed by atoms with van der Waals surface area (Å²) in [6.45, 7) is 3.89. The van der Waals surface area contributed by atoms with Crippen LogP contribution in [0.1, 0.15) is 17.5 Å². The molecular formula is C25H26FN5O. The van der Waals surface area contributed by atoms with Crippen molar-refractivity contribution in [2.75, 3.05) is 31.1 Å². The summed E-state index contributed by atoms with van der Waals surface area (Å²) >= 11 is 0. The third kappa shape index (κ3) is 2.92. The zero-order chi connectivity index (χ0) is 21.9. The fraction of sp³-hybridized carbons (Fsp3) is 0.360. The van der Waals surface area contributed by atoms with Gasteiger partial charge in [0.05, 0.1) is 18.2 Å². The molecule has 0 saturated carbocycles. The number of halogens is 1. The Morgan fingerprint density at radius 3 is 2.75 bits per heavy atom. The van der Waals surface area contributed by atoms with Gasteiger partial charge in [0.15, 0.2) is 0 Å². The largest absolute Gasteiger partial charge is 0.314 e. The molecule has 1 atom stereocenters. The molecule has 2 fully saturated rings. The first-order chi connectivity index (χ1) is 15.5. The summed E-state index contributed by atoms with van der Waals surface area (Å²) in [6, 6.07) is 13.8. The van der Waals surface area contributed by atoms with Crippen LogP contribution < -0.4 is 10.2 Å². The van der Waals surface area contributed by atoms with E-state index >= 15 is 4.39 Å². The number of amides is 1. The van der Waals surface area contributed by atoms with Crippen molar-refractivity contribution in [3.8, 4) is 11.1 Å². The maximum absolute atomic E-state index is 15.1. The summed E-state index contributed by atoms with van der Waals surface area (Å²) in [6.07, 6.45) is 4.40. The van der Waals surface area contributed by atoms with Crippen molar-refractivity contribution in [2.45, 2.75) is 24.4 Å². The van der Waals surface area contributed by atoms with E-state index in [0.29, 0.717) is 11.6 Å². The van der Waals surface area contributed by atoms with E-state index in [-0.39, 0.29) is 18.3 Å². The highest BCUT2D eigenvalue weighted by Gasteiger charge is 2.55. The number of aromatic nitrogens is 2. The molecule has 1 spiro atoms. The number of carbonyl (C=O) groups excluding carboxylic acids is 1. The number of hydrogen-bond donors (Lipinski definition) is 1. The third-order valence-corrected chi connectivity index (χ3v) is 7.36. The summed E-state index contributed by atoms with van der Waals surface area (Å²) in [5, 5.41) is 7.49. The first kappa shape index (κ1) is 19.6. The van der Waals surface area contributed by atoms with Crippen LogP contribution in [0.5, 0.6) is 0 Å². The van der Waals surface area contributed by atoms with Crippen LogP contribution in [0, 0.1) is 5.82 Å². The number of aryl methyl sites for hydroxylation is 1. The smallest absolute Gasteiger partial charge is 0.239 e. The van der Waals surface area contributed by atoms with Crippen LogP contribution in [0.3, 0.4) is 0 Å². The van der Waals surface area contributed by atoms with Gasteiger partial charge < -0.3 is 10.2 Å². The van der Waals surface area contributed by atoms with Crippen molar-refractivity contribution in [1.82, 2.24) is 20.0 Å². The van der Waals surface area contributed by atoms with Crippen molar-refractivity contribution in [3.05, 3.63) is 71.8 Å². The summed E-state index contributed by atoms with van der Waals surface area (Å²) in [5.41, 5.74) is 3.67. The van der Waals surface area contributed by atoms with Gasteiger partial charge in [0.25, 0.3) is 0 Å². The van der Waals surface area contributed by atoms with Crippen molar-refractivity contribution in [1.29, 1.82) is 0 Å². The molecule has 1 amide bonds. The first-order valence-electron chi connectivity index (χ1n) is 11.2. The number of hydrogen-bond acceptors (Lipinski definition) is 4. The highest BCUT2D eigenvalue weighted by Crippen LogP contribution is 2.48. The molecule has 7 heteroatoms. The molecule has 0 radical (unpaired) electrons. The van der Waals surface area contributed by atoms with Crippen LogP contribution in [0.4, 0.5) is 10.1 Å². The summed E-state index contributed by atoms with van der Waals surface area (Å²) in [5.74, 6) is -0.199. The average Bonchev–Trinajstić information content (AvgIpc) is 3.43. The molecule has 4 heterocycles. The monoisotopic (exact) mass is 431 g/mol. The second kappa shape index (κ2) is 7.25. The molecule has 3 aliphatic heterocycles. The number of anilines is 1. The molecule has 1 aromatic heterocycles. The van der Waals surface area contributed by atoms with Gasteiger partial charge in [0.2, 0.25) is 5.91 Å². The molecule has 0 bridgehead atoms. The lowest BCUT2D eigenvalue weighted by Gasteiger charge is -2.36. The Balaban J connectivity index is 1.31. The predicted octanol–water partition coefficient (Wildman–Crippen LogP) is 2.69. The van der Waals surface area contributed by atoms with Crippen LogP contribution >= 0.6 is 0 Å². The minimum Gasteiger partial charge on any atom is -0.314 e. The van der Waals surface area contributed by atoms with Crippen LogP contribution in [0.25, 0.3) is 11.1 Å². The van der Waals surface area contributed by atoms with E-state index in [1.54, 1.807) is 21.8 Å². The fourth-order valence-electron chi connectivity index (χ4n) is 5.43. The standard InChI is InChI=1S/C25H26FN5O/c1-29-14-19(11-28-29)17-6-7-18(22(26)10-17)15-31-23-5-3-2-4-21(23)25(24(31)32)8-9-30(16-25)20-12-27-13-20/h2-7,10-11,14,20,27H,8-9,12-13,15-16H2,1H3. The molecule has 3 aliphatic rings. The van der Waals surface area contributed by atoms with Crippen LogP contribution in [-0.2, 0) is 23.8 Å². The molecule has 1 N–H and O–H groups in total. The average molecular weight is 432 g/mol. The number of para-hydroxylation sites is 1. The summed E-state index contributed by atoms with van der Waals surface area (Å²) in [4.78, 5) is 18.1. The summed E-state index contributed by atoms with van der Waals surface area (Å²) in [7, 11) is 1.84. The van der Waals surface area contributed by atoms with Crippen molar-refractivity contribution in [2.24, 2.45) is 7.05 Å². The van der Waals surface area contributed by atoms with Gasteiger partial charge in [-0.2, -0.15) is 5.10 Å². The molecule has 6 rings (SSSR count). The molecule has 1 unspecified atom stereocenters. The Bertz CT molecular complexity index is 1200. The van der Waals surface area contributed by atoms with Crippen molar-refractivity contribution >= 4 is 11.6 Å². The van der Waals surface area contributed by atoms with E-state index in [0.717, 1.165) is 55.0 Å². The van der Waals surface area contributed by atoms with E-state index in [9.17, 15) is 4.79 Å². The Morgan fingerprint density at radius 1 is 1.19 bits per heavy atom. The maximum Gasteiger partial charge on any atom is 0.239 e. The van der Waals surface area contributed by atoms with E-state index in [1.807, 2.05) is 37.5 Å². The second-order valence-corrected chi connectivity index (χ2v) is 9.23. The molecule has 2 saturated heterocycles. The molecule has 3 aromatic rings.